The molecule has 0 spiro atoms. The second-order valence-corrected chi connectivity index (χ2v) is 6.38. The van der Waals surface area contributed by atoms with Crippen LogP contribution in [0.25, 0.3) is 0 Å². The zero-order valence-electron chi connectivity index (χ0n) is 21.1. The third-order valence-corrected chi connectivity index (χ3v) is 4.77. The summed E-state index contributed by atoms with van der Waals surface area (Å²) in [6.45, 7) is 1.73. The first-order valence-corrected chi connectivity index (χ1v) is 9.19. The Hall–Kier alpha value is -2.72. The number of benzene rings is 2. The van der Waals surface area contributed by atoms with E-state index >= 15 is 0 Å². The van der Waals surface area contributed by atoms with Gasteiger partial charge in [-0.1, -0.05) is 0 Å². The van der Waals surface area contributed by atoms with Crippen LogP contribution < -0.4 is 18.9 Å². The number of halogens is 2. The predicted octanol–water partition coefficient (Wildman–Crippen LogP) is -1.57. The van der Waals surface area contributed by atoms with Crippen LogP contribution in [0.15, 0.2) is 34.3 Å². The SMILES string of the molecule is COc1cc2c(cc1OC)CCN=C2.COc1cc2c(cc1OC)CCN=C2.Cl.Cl.O.O.O.O.O.O.O. The summed E-state index contributed by atoms with van der Waals surface area (Å²) in [5.74, 6) is 3.11. The molecule has 0 atom stereocenters. The Morgan fingerprint density at radius 1 is 0.486 bits per heavy atom. The Labute approximate surface area is 228 Å². The molecule has 0 aliphatic carbocycles. The van der Waals surface area contributed by atoms with Gasteiger partial charge >= 0.3 is 0 Å². The molecule has 2 aliphatic rings. The maximum Gasteiger partial charge on any atom is 0.161 e. The van der Waals surface area contributed by atoms with Crippen LogP contribution >= 0.6 is 24.8 Å². The van der Waals surface area contributed by atoms with E-state index in [-0.39, 0.29) is 63.1 Å². The first-order chi connectivity index (χ1) is 13.7. The van der Waals surface area contributed by atoms with Crippen LogP contribution in [-0.4, -0.2) is 92.3 Å². The third kappa shape index (κ3) is 12.4. The summed E-state index contributed by atoms with van der Waals surface area (Å²) in [5.41, 5.74) is 4.82. The van der Waals surface area contributed by atoms with Gasteiger partial charge in [0.15, 0.2) is 23.0 Å². The molecule has 2 heterocycles. The lowest BCUT2D eigenvalue weighted by molar-refractivity contribution is 0.354. The van der Waals surface area contributed by atoms with Gasteiger partial charge in [0, 0.05) is 25.5 Å². The van der Waals surface area contributed by atoms with Crippen molar-refractivity contribution in [2.75, 3.05) is 41.5 Å². The lowest BCUT2D eigenvalue weighted by Gasteiger charge is -2.14. The lowest BCUT2D eigenvalue weighted by atomic mass is 10.0. The highest BCUT2D eigenvalue weighted by atomic mass is 35.5. The monoisotopic (exact) mass is 580 g/mol. The van der Waals surface area contributed by atoms with Gasteiger partial charge in [0.1, 0.15) is 0 Å². The lowest BCUT2D eigenvalue weighted by Crippen LogP contribution is -2.04. The van der Waals surface area contributed by atoms with E-state index in [1.165, 1.54) is 11.1 Å². The molecule has 220 valence electrons. The minimum atomic E-state index is 0. The fraction of sp³-hybridized carbons (Fsp3) is 0.364. The average molecular weight is 581 g/mol. The Balaban J connectivity index is -0.0000000783. The van der Waals surface area contributed by atoms with Gasteiger partial charge in [0.05, 0.1) is 28.4 Å². The maximum absolute atomic E-state index is 5.23. The van der Waals surface area contributed by atoms with Crippen molar-refractivity contribution < 1.29 is 57.3 Å². The van der Waals surface area contributed by atoms with Crippen molar-refractivity contribution in [3.63, 3.8) is 0 Å². The van der Waals surface area contributed by atoms with Gasteiger partial charge in [-0.15, -0.1) is 24.8 Å². The molecule has 14 N–H and O–H groups in total. The summed E-state index contributed by atoms with van der Waals surface area (Å²) in [7, 11) is 6.59. The summed E-state index contributed by atoms with van der Waals surface area (Å²) >= 11 is 0. The van der Waals surface area contributed by atoms with E-state index in [4.69, 9.17) is 18.9 Å². The maximum atomic E-state index is 5.23. The number of fused-ring (bicyclic) bond motifs is 2. The van der Waals surface area contributed by atoms with Gasteiger partial charge < -0.3 is 57.3 Å². The van der Waals surface area contributed by atoms with Crippen molar-refractivity contribution in [3.05, 3.63) is 46.5 Å². The van der Waals surface area contributed by atoms with Crippen molar-refractivity contribution in [1.82, 2.24) is 0 Å². The fourth-order valence-corrected chi connectivity index (χ4v) is 3.24. The Bertz CT molecular complexity index is 843. The van der Waals surface area contributed by atoms with E-state index in [2.05, 4.69) is 9.98 Å². The van der Waals surface area contributed by atoms with Crippen molar-refractivity contribution in [2.45, 2.75) is 12.8 Å². The van der Waals surface area contributed by atoms with Crippen LogP contribution in [-0.2, 0) is 12.8 Å². The number of hydrogen-bond acceptors (Lipinski definition) is 6. The van der Waals surface area contributed by atoms with E-state index in [1.54, 1.807) is 28.4 Å². The smallest absolute Gasteiger partial charge is 0.161 e. The predicted molar refractivity (Wildman–Crippen MR) is 151 cm³/mol. The number of hydrogen-bond donors (Lipinski definition) is 0. The van der Waals surface area contributed by atoms with E-state index in [0.717, 1.165) is 60.1 Å². The van der Waals surface area contributed by atoms with Crippen LogP contribution in [0.3, 0.4) is 0 Å². The average Bonchev–Trinajstić information content (AvgIpc) is 2.77. The van der Waals surface area contributed by atoms with E-state index in [1.807, 2.05) is 36.7 Å². The summed E-state index contributed by atoms with van der Waals surface area (Å²) < 4.78 is 20.9. The molecular formula is C22H42Cl2N2O11. The van der Waals surface area contributed by atoms with Crippen LogP contribution in [0.2, 0.25) is 0 Å². The largest absolute Gasteiger partial charge is 0.493 e. The molecule has 2 aromatic carbocycles. The van der Waals surface area contributed by atoms with E-state index in [0.29, 0.717) is 0 Å². The zero-order valence-corrected chi connectivity index (χ0v) is 22.8. The van der Waals surface area contributed by atoms with Gasteiger partial charge in [-0.2, -0.15) is 0 Å². The molecule has 0 saturated carbocycles. The van der Waals surface area contributed by atoms with Crippen LogP contribution in [0.5, 0.6) is 23.0 Å². The molecule has 37 heavy (non-hydrogen) atoms. The van der Waals surface area contributed by atoms with Crippen LogP contribution in [0.4, 0.5) is 0 Å². The van der Waals surface area contributed by atoms with Gasteiger partial charge in [-0.3, -0.25) is 9.98 Å². The van der Waals surface area contributed by atoms with Gasteiger partial charge in [-0.25, -0.2) is 0 Å². The Morgan fingerprint density at radius 2 is 0.757 bits per heavy atom. The standard InChI is InChI=1S/2C11H13NO2.2ClH.7H2O/c2*1-13-10-5-8-3-4-12-7-9(8)6-11(10)14-2;;;;;;;;;/h2*5-7H,3-4H2,1-2H3;2*1H;7*1H2. The summed E-state index contributed by atoms with van der Waals surface area (Å²) in [4.78, 5) is 8.46. The topological polar surface area (TPSA) is 282 Å². The highest BCUT2D eigenvalue weighted by Crippen LogP contribution is 2.32. The number of methoxy groups -OCH3 is 4. The second-order valence-electron chi connectivity index (χ2n) is 6.38. The molecule has 2 aliphatic heterocycles. The number of nitrogens with zero attached hydrogens (tertiary/aromatic N) is 2. The Kier molecular flexibility index (Phi) is 34.4. The Morgan fingerprint density at radius 3 is 1.03 bits per heavy atom. The number of aliphatic imine (C=N–C) groups is 2. The molecule has 15 heteroatoms. The number of rotatable bonds is 4. The van der Waals surface area contributed by atoms with Crippen molar-refractivity contribution in [1.29, 1.82) is 0 Å². The quantitative estimate of drug-likeness (QED) is 0.413. The van der Waals surface area contributed by atoms with Crippen molar-refractivity contribution >= 4 is 37.2 Å². The van der Waals surface area contributed by atoms with E-state index < -0.39 is 0 Å². The van der Waals surface area contributed by atoms with Gasteiger partial charge in [-0.05, 0) is 59.4 Å². The molecule has 4 rings (SSSR count). The minimum absolute atomic E-state index is 0. The first-order valence-electron chi connectivity index (χ1n) is 9.19. The number of ether oxygens (including phenoxy) is 4. The molecule has 0 fully saturated rings. The molecule has 2 aromatic rings. The molecule has 0 amide bonds. The highest BCUT2D eigenvalue weighted by Gasteiger charge is 2.12. The summed E-state index contributed by atoms with van der Waals surface area (Å²) in [6.07, 6.45) is 5.74. The fourth-order valence-electron chi connectivity index (χ4n) is 3.24. The molecule has 0 radical (unpaired) electrons. The van der Waals surface area contributed by atoms with Crippen molar-refractivity contribution in [2.24, 2.45) is 9.98 Å². The summed E-state index contributed by atoms with van der Waals surface area (Å²) in [5, 5.41) is 0. The first kappa shape index (κ1) is 51.0. The molecule has 0 unspecified atom stereocenters. The van der Waals surface area contributed by atoms with E-state index in [9.17, 15) is 0 Å². The van der Waals surface area contributed by atoms with Crippen LogP contribution in [0.1, 0.15) is 22.3 Å². The third-order valence-electron chi connectivity index (χ3n) is 4.77. The van der Waals surface area contributed by atoms with Gasteiger partial charge in [0.25, 0.3) is 0 Å². The molecule has 0 aromatic heterocycles. The van der Waals surface area contributed by atoms with Crippen molar-refractivity contribution in [3.8, 4) is 23.0 Å². The van der Waals surface area contributed by atoms with Gasteiger partial charge in [0.2, 0.25) is 0 Å². The molecular weight excluding hydrogens is 539 g/mol. The molecule has 0 bridgehead atoms. The normalized spacial score (nSPS) is 10.3. The summed E-state index contributed by atoms with van der Waals surface area (Å²) in [6, 6.07) is 7.99. The minimum Gasteiger partial charge on any atom is -0.493 e. The second kappa shape index (κ2) is 25.0. The molecule has 13 nitrogen and oxygen atoms in total. The zero-order chi connectivity index (χ0) is 19.9. The molecule has 0 saturated heterocycles. The van der Waals surface area contributed by atoms with Crippen LogP contribution in [0, 0.1) is 0 Å². The highest BCUT2D eigenvalue weighted by molar-refractivity contribution is 5.86.